The maximum absolute atomic E-state index is 12.5. The fourth-order valence-electron chi connectivity index (χ4n) is 2.55. The van der Waals surface area contributed by atoms with Crippen LogP contribution in [0.1, 0.15) is 12.0 Å². The minimum atomic E-state index is -0.661. The number of carbonyl (C=O) groups excluding carboxylic acids is 2. The number of nitro groups is 1. The fourth-order valence-corrected chi connectivity index (χ4v) is 3.37. The van der Waals surface area contributed by atoms with Gasteiger partial charge in [-0.15, -0.1) is 5.10 Å². The van der Waals surface area contributed by atoms with E-state index in [1.165, 1.54) is 30.5 Å². The molecule has 0 spiro atoms. The summed E-state index contributed by atoms with van der Waals surface area (Å²) in [6.45, 7) is 0. The molecule has 1 aliphatic rings. The topological polar surface area (TPSA) is 131 Å². The lowest BCUT2D eigenvalue weighted by molar-refractivity contribution is -0.384. The van der Waals surface area contributed by atoms with E-state index in [1.807, 2.05) is 0 Å². The number of nitrogens with zero attached hydrogens (tertiary/aromatic N) is 4. The van der Waals surface area contributed by atoms with Gasteiger partial charge in [0.05, 0.1) is 16.8 Å². The first-order valence-electron chi connectivity index (χ1n) is 8.15. The van der Waals surface area contributed by atoms with Crippen molar-refractivity contribution in [1.82, 2.24) is 0 Å². The summed E-state index contributed by atoms with van der Waals surface area (Å²) in [6, 6.07) is 14.4. The molecule has 0 saturated carbocycles. The molecule has 0 bridgehead atoms. The van der Waals surface area contributed by atoms with Crippen LogP contribution < -0.4 is 10.6 Å². The molecule has 10 heteroatoms. The Kier molecular flexibility index (Phi) is 5.80. The average Bonchev–Trinajstić information content (AvgIpc) is 2.96. The van der Waals surface area contributed by atoms with Crippen molar-refractivity contribution in [2.45, 2.75) is 11.7 Å². The Hall–Kier alpha value is -3.53. The summed E-state index contributed by atoms with van der Waals surface area (Å²) >= 11 is 0.972. The highest BCUT2D eigenvalue weighted by Gasteiger charge is 2.40. The molecule has 3 rings (SSSR count). The predicted octanol–water partition coefficient (Wildman–Crippen LogP) is 2.31. The zero-order chi connectivity index (χ0) is 20.1. The Labute approximate surface area is 164 Å². The van der Waals surface area contributed by atoms with Gasteiger partial charge in [0.25, 0.3) is 5.69 Å². The normalized spacial score (nSPS) is 17.5. The van der Waals surface area contributed by atoms with Gasteiger partial charge in [-0.25, -0.2) is 4.90 Å². The minimum absolute atomic E-state index is 0.0249. The lowest BCUT2D eigenvalue weighted by atomic mass is 10.2. The third-order valence-electron chi connectivity index (χ3n) is 3.85. The number of nitrogens with two attached hydrogens (primary N) is 1. The number of non-ortho nitro benzene ring substituents is 1. The molecule has 9 nitrogen and oxygen atoms in total. The second kappa shape index (κ2) is 8.44. The summed E-state index contributed by atoms with van der Waals surface area (Å²) in [4.78, 5) is 36.0. The van der Waals surface area contributed by atoms with Crippen LogP contribution in [0.2, 0.25) is 0 Å². The molecule has 0 aromatic heterocycles. The molecule has 2 aromatic carbocycles. The van der Waals surface area contributed by atoms with E-state index >= 15 is 0 Å². The van der Waals surface area contributed by atoms with Crippen LogP contribution in [0, 0.1) is 10.1 Å². The Bertz CT molecular complexity index is 960. The van der Waals surface area contributed by atoms with Crippen molar-refractivity contribution in [3.8, 4) is 0 Å². The second-order valence-corrected chi connectivity index (χ2v) is 6.97. The molecule has 28 heavy (non-hydrogen) atoms. The molecule has 0 aliphatic carbocycles. The number of benzene rings is 2. The number of amidine groups is 1. The van der Waals surface area contributed by atoms with E-state index in [0.717, 1.165) is 16.7 Å². The van der Waals surface area contributed by atoms with E-state index in [9.17, 15) is 19.7 Å². The van der Waals surface area contributed by atoms with Gasteiger partial charge in [0, 0.05) is 18.6 Å². The highest BCUT2D eigenvalue weighted by molar-refractivity contribution is 8.14. The smallest absolute Gasteiger partial charge is 0.269 e. The Morgan fingerprint density at radius 1 is 1.18 bits per heavy atom. The van der Waals surface area contributed by atoms with Crippen molar-refractivity contribution in [3.63, 3.8) is 0 Å². The van der Waals surface area contributed by atoms with Crippen molar-refractivity contribution in [2.75, 3.05) is 4.90 Å². The summed E-state index contributed by atoms with van der Waals surface area (Å²) in [6.07, 6.45) is 1.41. The number of carbonyl (C=O) groups is 2. The maximum atomic E-state index is 12.5. The number of para-hydroxylation sites is 1. The summed E-state index contributed by atoms with van der Waals surface area (Å²) < 4.78 is 0. The van der Waals surface area contributed by atoms with E-state index in [2.05, 4.69) is 10.2 Å². The van der Waals surface area contributed by atoms with Gasteiger partial charge in [0.1, 0.15) is 5.25 Å². The Morgan fingerprint density at radius 3 is 2.50 bits per heavy atom. The van der Waals surface area contributed by atoms with Crippen LogP contribution in [0.3, 0.4) is 0 Å². The first kappa shape index (κ1) is 19.2. The van der Waals surface area contributed by atoms with E-state index in [1.54, 1.807) is 30.3 Å². The number of hydrogen-bond acceptors (Lipinski definition) is 7. The Morgan fingerprint density at radius 2 is 1.86 bits per heavy atom. The highest BCUT2D eigenvalue weighted by atomic mass is 32.2. The SMILES string of the molecule is N/C(=N\N=Cc1ccc([N+](=O)[O-])cc1)SC1CC(=O)N(c2ccccc2)C1=O. The molecular weight excluding hydrogens is 382 g/mol. The fraction of sp³-hybridized carbons (Fsp3) is 0.111. The van der Waals surface area contributed by atoms with E-state index < -0.39 is 10.2 Å². The molecule has 0 radical (unpaired) electrons. The van der Waals surface area contributed by atoms with Crippen LogP contribution in [0.15, 0.2) is 64.8 Å². The third-order valence-corrected chi connectivity index (χ3v) is 4.83. The Balaban J connectivity index is 1.62. The van der Waals surface area contributed by atoms with Crippen molar-refractivity contribution < 1.29 is 14.5 Å². The molecule has 1 aliphatic heterocycles. The van der Waals surface area contributed by atoms with Crippen molar-refractivity contribution in [3.05, 3.63) is 70.3 Å². The molecule has 1 saturated heterocycles. The zero-order valence-corrected chi connectivity index (χ0v) is 15.3. The van der Waals surface area contributed by atoms with Crippen LogP contribution >= 0.6 is 11.8 Å². The van der Waals surface area contributed by atoms with E-state index in [0.29, 0.717) is 11.3 Å². The molecule has 1 heterocycles. The van der Waals surface area contributed by atoms with Gasteiger partial charge in [-0.1, -0.05) is 30.0 Å². The van der Waals surface area contributed by atoms with Gasteiger partial charge in [-0.2, -0.15) is 5.10 Å². The number of thioether (sulfide) groups is 1. The van der Waals surface area contributed by atoms with Gasteiger partial charge < -0.3 is 5.73 Å². The van der Waals surface area contributed by atoms with Crippen molar-refractivity contribution in [1.29, 1.82) is 0 Å². The van der Waals surface area contributed by atoms with Crippen LogP contribution in [-0.2, 0) is 9.59 Å². The van der Waals surface area contributed by atoms with Gasteiger partial charge in [-0.3, -0.25) is 19.7 Å². The number of anilines is 1. The molecule has 1 fully saturated rings. The number of hydrogen-bond donors (Lipinski definition) is 1. The molecule has 142 valence electrons. The predicted molar refractivity (Wildman–Crippen MR) is 107 cm³/mol. The van der Waals surface area contributed by atoms with Crippen LogP contribution in [0.4, 0.5) is 11.4 Å². The lowest BCUT2D eigenvalue weighted by Gasteiger charge is -2.14. The number of rotatable bonds is 5. The average molecular weight is 397 g/mol. The van der Waals surface area contributed by atoms with Crippen LogP contribution in [-0.4, -0.2) is 33.4 Å². The molecular formula is C18H15N5O4S. The van der Waals surface area contributed by atoms with E-state index in [4.69, 9.17) is 5.73 Å². The van der Waals surface area contributed by atoms with Crippen molar-refractivity contribution in [2.24, 2.45) is 15.9 Å². The molecule has 2 aromatic rings. The standard InChI is InChI=1S/C18H15N5O4S/c19-18(21-20-11-12-6-8-14(9-7-12)23(26)27)28-15-10-16(24)22(17(15)25)13-4-2-1-3-5-13/h1-9,11,15H,10H2,(H2,19,21). The van der Waals surface area contributed by atoms with Gasteiger partial charge in [0.15, 0.2) is 5.17 Å². The second-order valence-electron chi connectivity index (χ2n) is 5.75. The van der Waals surface area contributed by atoms with Gasteiger partial charge in [-0.05, 0) is 29.8 Å². The monoisotopic (exact) mass is 397 g/mol. The maximum Gasteiger partial charge on any atom is 0.269 e. The minimum Gasteiger partial charge on any atom is -0.377 e. The quantitative estimate of drug-likeness (QED) is 0.271. The summed E-state index contributed by atoms with van der Waals surface area (Å²) in [5, 5.41) is 17.6. The van der Waals surface area contributed by atoms with Gasteiger partial charge in [0.2, 0.25) is 11.8 Å². The van der Waals surface area contributed by atoms with Crippen LogP contribution in [0.5, 0.6) is 0 Å². The third kappa shape index (κ3) is 4.41. The van der Waals surface area contributed by atoms with Crippen LogP contribution in [0.25, 0.3) is 0 Å². The molecule has 1 atom stereocenters. The van der Waals surface area contributed by atoms with Gasteiger partial charge >= 0.3 is 0 Å². The number of amides is 2. The van der Waals surface area contributed by atoms with Crippen molar-refractivity contribution >= 4 is 46.3 Å². The zero-order valence-electron chi connectivity index (χ0n) is 14.5. The molecule has 2 amide bonds. The lowest BCUT2D eigenvalue weighted by Crippen LogP contribution is -2.31. The first-order chi connectivity index (χ1) is 13.5. The first-order valence-corrected chi connectivity index (χ1v) is 9.03. The highest BCUT2D eigenvalue weighted by Crippen LogP contribution is 2.29. The molecule has 2 N–H and O–H groups in total. The number of nitro benzene ring substituents is 1. The summed E-state index contributed by atoms with van der Waals surface area (Å²) in [5.74, 6) is -0.644. The largest absolute Gasteiger partial charge is 0.377 e. The summed E-state index contributed by atoms with van der Waals surface area (Å²) in [5.41, 5.74) is 6.90. The number of imide groups is 1. The van der Waals surface area contributed by atoms with E-state index in [-0.39, 0.29) is 29.1 Å². The molecule has 1 unspecified atom stereocenters. The summed E-state index contributed by atoms with van der Waals surface area (Å²) in [7, 11) is 0.